The van der Waals surface area contributed by atoms with Gasteiger partial charge in [-0.2, -0.15) is 0 Å². The summed E-state index contributed by atoms with van der Waals surface area (Å²) in [5.74, 6) is -0.281. The molecule has 0 saturated carbocycles. The second-order valence-corrected chi connectivity index (χ2v) is 10.9. The first kappa shape index (κ1) is 26.4. The average Bonchev–Trinajstić information content (AvgIpc) is 3.24. The molecule has 1 unspecified atom stereocenters. The molecule has 1 aliphatic rings. The van der Waals surface area contributed by atoms with Gasteiger partial charge in [0.05, 0.1) is 5.56 Å². The SMILES string of the molecule is CN(C)c1ccc(C(CC2(c3ccc(N(C)C)cc3)OC(=O)c3ccccc32)c2ccc(N(C)C)cc2)cc1. The first-order valence-electron chi connectivity index (χ1n) is 13.3. The van der Waals surface area contributed by atoms with Crippen LogP contribution in [0.15, 0.2) is 97.1 Å². The molecule has 0 bridgehead atoms. The van der Waals surface area contributed by atoms with Gasteiger partial charge in [0.1, 0.15) is 0 Å². The number of cyclic esters (lactones) is 1. The zero-order valence-corrected chi connectivity index (χ0v) is 23.7. The molecule has 0 radical (unpaired) electrons. The fraction of sp³-hybridized carbons (Fsp3) is 0.265. The van der Waals surface area contributed by atoms with E-state index in [1.807, 2.05) is 66.6 Å². The maximum atomic E-state index is 13.3. The number of nitrogens with zero attached hydrogens (tertiary/aromatic N) is 3. The number of rotatable bonds is 8. The van der Waals surface area contributed by atoms with Crippen LogP contribution in [0.4, 0.5) is 17.1 Å². The van der Waals surface area contributed by atoms with E-state index in [4.69, 9.17) is 4.74 Å². The maximum absolute atomic E-state index is 13.3. The van der Waals surface area contributed by atoms with Crippen LogP contribution in [0.1, 0.15) is 45.0 Å². The Labute approximate surface area is 232 Å². The Morgan fingerprint density at radius 2 is 1.05 bits per heavy atom. The molecule has 4 aromatic rings. The minimum Gasteiger partial charge on any atom is -0.446 e. The molecule has 0 amide bonds. The Morgan fingerprint density at radius 3 is 1.51 bits per heavy atom. The highest BCUT2D eigenvalue weighted by Gasteiger charge is 2.48. The van der Waals surface area contributed by atoms with Crippen LogP contribution in [0.2, 0.25) is 0 Å². The summed E-state index contributed by atoms with van der Waals surface area (Å²) < 4.78 is 6.43. The molecule has 0 aliphatic carbocycles. The highest BCUT2D eigenvalue weighted by molar-refractivity contribution is 5.95. The van der Waals surface area contributed by atoms with Gasteiger partial charge in [0.25, 0.3) is 0 Å². The third kappa shape index (κ3) is 4.97. The van der Waals surface area contributed by atoms with Crippen molar-refractivity contribution in [3.63, 3.8) is 0 Å². The Balaban J connectivity index is 1.67. The Kier molecular flexibility index (Phi) is 7.09. The second-order valence-electron chi connectivity index (χ2n) is 10.9. The predicted molar refractivity (Wildman–Crippen MR) is 161 cm³/mol. The lowest BCUT2D eigenvalue weighted by molar-refractivity contribution is 0.00559. The molecule has 1 aliphatic heterocycles. The molecule has 5 rings (SSSR count). The predicted octanol–water partition coefficient (Wildman–Crippen LogP) is 6.52. The van der Waals surface area contributed by atoms with E-state index in [1.165, 1.54) is 11.1 Å². The fourth-order valence-electron chi connectivity index (χ4n) is 5.52. The molecule has 0 aromatic heterocycles. The summed E-state index contributed by atoms with van der Waals surface area (Å²) in [5, 5.41) is 0. The average molecular weight is 520 g/mol. The Hall–Kier alpha value is -4.25. The van der Waals surface area contributed by atoms with Crippen LogP contribution in [0.3, 0.4) is 0 Å². The van der Waals surface area contributed by atoms with Crippen LogP contribution in [0, 0.1) is 0 Å². The van der Waals surface area contributed by atoms with Crippen molar-refractivity contribution in [2.45, 2.75) is 17.9 Å². The van der Waals surface area contributed by atoms with Crippen molar-refractivity contribution in [1.29, 1.82) is 0 Å². The number of fused-ring (bicyclic) bond motifs is 1. The number of benzene rings is 4. The molecular formula is C34H37N3O2. The first-order valence-corrected chi connectivity index (χ1v) is 13.3. The quantitative estimate of drug-likeness (QED) is 0.248. The van der Waals surface area contributed by atoms with Crippen LogP contribution < -0.4 is 14.7 Å². The van der Waals surface area contributed by atoms with E-state index < -0.39 is 5.60 Å². The van der Waals surface area contributed by atoms with Gasteiger partial charge in [-0.15, -0.1) is 0 Å². The van der Waals surface area contributed by atoms with E-state index >= 15 is 0 Å². The van der Waals surface area contributed by atoms with Crippen LogP contribution in [-0.2, 0) is 10.3 Å². The van der Waals surface area contributed by atoms with Gasteiger partial charge >= 0.3 is 5.97 Å². The number of hydrogen-bond donors (Lipinski definition) is 0. The van der Waals surface area contributed by atoms with Gasteiger partial charge in [0.15, 0.2) is 5.60 Å². The lowest BCUT2D eigenvalue weighted by Gasteiger charge is -2.34. The molecular weight excluding hydrogens is 482 g/mol. The summed E-state index contributed by atoms with van der Waals surface area (Å²) in [4.78, 5) is 19.6. The molecule has 5 nitrogen and oxygen atoms in total. The molecule has 0 fully saturated rings. The largest absolute Gasteiger partial charge is 0.446 e. The van der Waals surface area contributed by atoms with Crippen LogP contribution in [-0.4, -0.2) is 48.3 Å². The van der Waals surface area contributed by atoms with Crippen molar-refractivity contribution in [2.75, 3.05) is 57.0 Å². The highest BCUT2D eigenvalue weighted by atomic mass is 16.6. The summed E-state index contributed by atoms with van der Waals surface area (Å²) in [6.45, 7) is 0. The van der Waals surface area contributed by atoms with Gasteiger partial charge in [0.2, 0.25) is 0 Å². The molecule has 0 spiro atoms. The fourth-order valence-corrected chi connectivity index (χ4v) is 5.52. The Morgan fingerprint density at radius 1 is 0.615 bits per heavy atom. The van der Waals surface area contributed by atoms with Gasteiger partial charge in [-0.3, -0.25) is 0 Å². The van der Waals surface area contributed by atoms with Gasteiger partial charge in [-0.25, -0.2) is 4.79 Å². The van der Waals surface area contributed by atoms with E-state index in [-0.39, 0.29) is 11.9 Å². The van der Waals surface area contributed by atoms with Gasteiger partial charge in [0, 0.05) is 82.8 Å². The number of carbonyl (C=O) groups excluding carboxylic acids is 1. The van der Waals surface area contributed by atoms with Gasteiger partial charge < -0.3 is 19.4 Å². The van der Waals surface area contributed by atoms with Crippen LogP contribution >= 0.6 is 0 Å². The van der Waals surface area contributed by atoms with E-state index in [1.54, 1.807) is 0 Å². The number of esters is 1. The second kappa shape index (κ2) is 10.5. The van der Waals surface area contributed by atoms with Crippen molar-refractivity contribution in [1.82, 2.24) is 0 Å². The van der Waals surface area contributed by atoms with E-state index in [0.29, 0.717) is 12.0 Å². The molecule has 1 heterocycles. The summed E-state index contributed by atoms with van der Waals surface area (Å²) in [6.07, 6.45) is 0.583. The van der Waals surface area contributed by atoms with Crippen molar-refractivity contribution in [3.05, 3.63) is 125 Å². The summed E-state index contributed by atoms with van der Waals surface area (Å²) >= 11 is 0. The standard InChI is InChI=1S/C34H37N3O2/c1-35(2)27-17-11-24(12-18-27)31(25-13-19-28(20-14-25)36(3)4)23-34(26-15-21-29(22-16-26)37(5)6)32-10-8-7-9-30(32)33(38)39-34/h7-22,31H,23H2,1-6H3. The van der Waals surface area contributed by atoms with Crippen LogP contribution in [0.25, 0.3) is 0 Å². The number of ether oxygens (including phenoxy) is 1. The molecule has 0 saturated heterocycles. The van der Waals surface area contributed by atoms with Crippen molar-refractivity contribution in [3.8, 4) is 0 Å². The molecule has 1 atom stereocenters. The van der Waals surface area contributed by atoms with Gasteiger partial charge in [-0.1, -0.05) is 54.6 Å². The van der Waals surface area contributed by atoms with Crippen molar-refractivity contribution < 1.29 is 9.53 Å². The van der Waals surface area contributed by atoms with E-state index in [9.17, 15) is 4.79 Å². The molecule has 200 valence electrons. The Bertz CT molecular complexity index is 1390. The number of anilines is 3. The lowest BCUT2D eigenvalue weighted by Crippen LogP contribution is -2.31. The zero-order chi connectivity index (χ0) is 27.7. The monoisotopic (exact) mass is 519 g/mol. The summed E-state index contributed by atoms with van der Waals surface area (Å²) in [5.41, 5.74) is 7.38. The minimum absolute atomic E-state index is 0.00935. The van der Waals surface area contributed by atoms with Crippen LogP contribution in [0.5, 0.6) is 0 Å². The van der Waals surface area contributed by atoms with Crippen molar-refractivity contribution >= 4 is 23.0 Å². The third-order valence-electron chi connectivity index (χ3n) is 7.81. The van der Waals surface area contributed by atoms with Gasteiger partial charge in [-0.05, 0) is 53.6 Å². The topological polar surface area (TPSA) is 36.0 Å². The first-order chi connectivity index (χ1) is 18.7. The van der Waals surface area contributed by atoms with Crippen molar-refractivity contribution in [2.24, 2.45) is 0 Å². The zero-order valence-electron chi connectivity index (χ0n) is 23.7. The molecule has 0 N–H and O–H groups in total. The smallest absolute Gasteiger partial charge is 0.339 e. The molecule has 5 heteroatoms. The normalized spacial score (nSPS) is 16.1. The minimum atomic E-state index is -0.913. The van der Waals surface area contributed by atoms with E-state index in [2.05, 4.69) is 87.5 Å². The maximum Gasteiger partial charge on any atom is 0.339 e. The molecule has 4 aromatic carbocycles. The molecule has 39 heavy (non-hydrogen) atoms. The summed E-state index contributed by atoms with van der Waals surface area (Å²) in [7, 11) is 12.3. The highest BCUT2D eigenvalue weighted by Crippen LogP contribution is 2.49. The lowest BCUT2D eigenvalue weighted by atomic mass is 9.75. The van der Waals surface area contributed by atoms with E-state index in [0.717, 1.165) is 28.2 Å². The summed E-state index contributed by atoms with van der Waals surface area (Å²) in [6, 6.07) is 33.6. The number of hydrogen-bond acceptors (Lipinski definition) is 5. The third-order valence-corrected chi connectivity index (χ3v) is 7.81. The number of carbonyl (C=O) groups is 1.